The second-order valence-corrected chi connectivity index (χ2v) is 5.04. The average Bonchev–Trinajstić information content (AvgIpc) is 2.85. The van der Waals surface area contributed by atoms with E-state index in [0.29, 0.717) is 16.3 Å². The standard InChI is InChI=1S/C14H16ClN3O2/c1-9(13(19)10-3-5-11(15)6-4-10)17-14(20)12-7-8-16-18(12)2/h3-9,13,19H,1-2H3,(H,17,20). The first-order valence-electron chi connectivity index (χ1n) is 6.21. The summed E-state index contributed by atoms with van der Waals surface area (Å²) in [7, 11) is 1.69. The fourth-order valence-corrected chi connectivity index (χ4v) is 2.03. The van der Waals surface area contributed by atoms with E-state index < -0.39 is 12.1 Å². The maximum atomic E-state index is 12.0. The highest BCUT2D eigenvalue weighted by Crippen LogP contribution is 2.19. The fraction of sp³-hybridized carbons (Fsp3) is 0.286. The van der Waals surface area contributed by atoms with Crippen molar-refractivity contribution in [2.45, 2.75) is 19.1 Å². The van der Waals surface area contributed by atoms with E-state index in [1.54, 1.807) is 50.5 Å². The number of aliphatic hydroxyl groups excluding tert-OH is 1. The van der Waals surface area contributed by atoms with Crippen LogP contribution in [0, 0.1) is 0 Å². The van der Waals surface area contributed by atoms with Crippen molar-refractivity contribution in [2.75, 3.05) is 0 Å². The van der Waals surface area contributed by atoms with Gasteiger partial charge in [0.05, 0.1) is 12.1 Å². The van der Waals surface area contributed by atoms with Gasteiger partial charge in [0.25, 0.3) is 5.91 Å². The van der Waals surface area contributed by atoms with Crippen LogP contribution in [0.4, 0.5) is 0 Å². The Bertz CT molecular complexity index is 595. The Kier molecular flexibility index (Phi) is 4.42. The van der Waals surface area contributed by atoms with Crippen LogP contribution in [-0.2, 0) is 7.05 Å². The molecular formula is C14H16ClN3O2. The molecule has 0 bridgehead atoms. The van der Waals surface area contributed by atoms with E-state index in [0.717, 1.165) is 0 Å². The normalized spacial score (nSPS) is 13.8. The van der Waals surface area contributed by atoms with Crippen LogP contribution in [0.2, 0.25) is 5.02 Å². The van der Waals surface area contributed by atoms with Crippen molar-refractivity contribution in [3.63, 3.8) is 0 Å². The number of carbonyl (C=O) groups excluding carboxylic acids is 1. The zero-order valence-corrected chi connectivity index (χ0v) is 12.0. The molecule has 0 aliphatic carbocycles. The lowest BCUT2D eigenvalue weighted by molar-refractivity contribution is 0.0843. The third kappa shape index (κ3) is 3.18. The van der Waals surface area contributed by atoms with Crippen LogP contribution in [0.15, 0.2) is 36.5 Å². The summed E-state index contributed by atoms with van der Waals surface area (Å²) in [6.45, 7) is 1.74. The van der Waals surface area contributed by atoms with Crippen LogP contribution in [-0.4, -0.2) is 26.8 Å². The average molecular weight is 294 g/mol. The van der Waals surface area contributed by atoms with Gasteiger partial charge in [-0.05, 0) is 30.7 Å². The second kappa shape index (κ2) is 6.07. The summed E-state index contributed by atoms with van der Waals surface area (Å²) in [6, 6.07) is 8.07. The number of halogens is 1. The minimum absolute atomic E-state index is 0.273. The SMILES string of the molecule is CC(NC(=O)c1ccnn1C)C(O)c1ccc(Cl)cc1. The summed E-state index contributed by atoms with van der Waals surface area (Å²) >= 11 is 5.80. The summed E-state index contributed by atoms with van der Waals surface area (Å²) in [5.41, 5.74) is 1.15. The minimum Gasteiger partial charge on any atom is -0.386 e. The highest BCUT2D eigenvalue weighted by molar-refractivity contribution is 6.30. The Morgan fingerprint density at radius 2 is 2.00 bits per heavy atom. The number of hydrogen-bond donors (Lipinski definition) is 2. The van der Waals surface area contributed by atoms with Crippen molar-refractivity contribution >= 4 is 17.5 Å². The van der Waals surface area contributed by atoms with Crippen molar-refractivity contribution in [3.8, 4) is 0 Å². The number of hydrogen-bond acceptors (Lipinski definition) is 3. The number of benzene rings is 1. The van der Waals surface area contributed by atoms with Gasteiger partial charge in [0.2, 0.25) is 0 Å². The molecule has 1 amide bonds. The first kappa shape index (κ1) is 14.6. The Hall–Kier alpha value is -1.85. The third-order valence-corrected chi connectivity index (χ3v) is 3.35. The summed E-state index contributed by atoms with van der Waals surface area (Å²) in [5, 5.41) is 17.5. The number of nitrogens with zero attached hydrogens (tertiary/aromatic N) is 2. The van der Waals surface area contributed by atoms with E-state index in [4.69, 9.17) is 11.6 Å². The highest BCUT2D eigenvalue weighted by Gasteiger charge is 2.20. The number of aromatic nitrogens is 2. The van der Waals surface area contributed by atoms with Gasteiger partial charge in [0.15, 0.2) is 0 Å². The van der Waals surface area contributed by atoms with Crippen LogP contribution in [0.1, 0.15) is 29.1 Å². The van der Waals surface area contributed by atoms with Crippen LogP contribution in [0.25, 0.3) is 0 Å². The lowest BCUT2D eigenvalue weighted by Crippen LogP contribution is -2.37. The molecule has 0 saturated carbocycles. The summed E-state index contributed by atoms with van der Waals surface area (Å²) in [6.07, 6.45) is 0.749. The Morgan fingerprint density at radius 3 is 2.55 bits per heavy atom. The van der Waals surface area contributed by atoms with Gasteiger partial charge in [-0.1, -0.05) is 23.7 Å². The van der Waals surface area contributed by atoms with Gasteiger partial charge in [0, 0.05) is 18.3 Å². The van der Waals surface area contributed by atoms with Crippen LogP contribution < -0.4 is 5.32 Å². The molecule has 5 nitrogen and oxygen atoms in total. The first-order chi connectivity index (χ1) is 9.49. The molecule has 2 unspecified atom stereocenters. The number of amides is 1. The molecule has 2 aromatic rings. The molecule has 6 heteroatoms. The van der Waals surface area contributed by atoms with E-state index in [2.05, 4.69) is 10.4 Å². The maximum absolute atomic E-state index is 12.0. The zero-order chi connectivity index (χ0) is 14.7. The lowest BCUT2D eigenvalue weighted by Gasteiger charge is -2.20. The van der Waals surface area contributed by atoms with Gasteiger partial charge >= 0.3 is 0 Å². The quantitative estimate of drug-likeness (QED) is 0.905. The number of aliphatic hydroxyl groups is 1. The lowest BCUT2D eigenvalue weighted by atomic mass is 10.0. The number of aryl methyl sites for hydroxylation is 1. The molecule has 106 valence electrons. The van der Waals surface area contributed by atoms with Gasteiger partial charge in [-0.2, -0.15) is 5.10 Å². The molecule has 0 saturated heterocycles. The summed E-state index contributed by atoms with van der Waals surface area (Å²) < 4.78 is 1.48. The molecule has 2 rings (SSSR count). The molecule has 0 spiro atoms. The number of rotatable bonds is 4. The molecule has 0 radical (unpaired) electrons. The van der Waals surface area contributed by atoms with E-state index in [-0.39, 0.29) is 5.91 Å². The molecule has 0 fully saturated rings. The smallest absolute Gasteiger partial charge is 0.269 e. The van der Waals surface area contributed by atoms with Crippen LogP contribution >= 0.6 is 11.6 Å². The van der Waals surface area contributed by atoms with E-state index in [1.807, 2.05) is 0 Å². The predicted octanol–water partition coefficient (Wildman–Crippen LogP) is 1.93. The highest BCUT2D eigenvalue weighted by atomic mass is 35.5. The van der Waals surface area contributed by atoms with Crippen LogP contribution in [0.3, 0.4) is 0 Å². The maximum Gasteiger partial charge on any atom is 0.269 e. The summed E-state index contributed by atoms with van der Waals surface area (Å²) in [4.78, 5) is 12.0. The van der Waals surface area contributed by atoms with E-state index in [9.17, 15) is 9.90 Å². The summed E-state index contributed by atoms with van der Waals surface area (Å²) in [5.74, 6) is -0.273. The minimum atomic E-state index is -0.801. The van der Waals surface area contributed by atoms with Gasteiger partial charge in [0.1, 0.15) is 5.69 Å². The molecule has 0 aliphatic rings. The Balaban J connectivity index is 2.04. The third-order valence-electron chi connectivity index (χ3n) is 3.10. The van der Waals surface area contributed by atoms with Crippen molar-refractivity contribution in [3.05, 3.63) is 52.8 Å². The molecule has 1 aromatic heterocycles. The predicted molar refractivity (Wildman–Crippen MR) is 76.5 cm³/mol. The van der Waals surface area contributed by atoms with E-state index in [1.165, 1.54) is 4.68 Å². The Morgan fingerprint density at radius 1 is 1.35 bits per heavy atom. The topological polar surface area (TPSA) is 67.2 Å². The molecule has 20 heavy (non-hydrogen) atoms. The van der Waals surface area contributed by atoms with Gasteiger partial charge in [-0.15, -0.1) is 0 Å². The second-order valence-electron chi connectivity index (χ2n) is 4.60. The van der Waals surface area contributed by atoms with Crippen LogP contribution in [0.5, 0.6) is 0 Å². The Labute approximate surface area is 122 Å². The number of nitrogens with one attached hydrogen (secondary N) is 1. The van der Waals surface area contributed by atoms with Crippen molar-refractivity contribution in [1.82, 2.24) is 15.1 Å². The molecule has 1 aromatic carbocycles. The van der Waals surface area contributed by atoms with Gasteiger partial charge < -0.3 is 10.4 Å². The molecule has 0 aliphatic heterocycles. The van der Waals surface area contributed by atoms with E-state index >= 15 is 0 Å². The van der Waals surface area contributed by atoms with Crippen molar-refractivity contribution < 1.29 is 9.90 Å². The monoisotopic (exact) mass is 293 g/mol. The zero-order valence-electron chi connectivity index (χ0n) is 11.2. The molecular weight excluding hydrogens is 278 g/mol. The molecule has 2 N–H and O–H groups in total. The first-order valence-corrected chi connectivity index (χ1v) is 6.59. The number of carbonyl (C=O) groups is 1. The largest absolute Gasteiger partial charge is 0.386 e. The molecule has 1 heterocycles. The van der Waals surface area contributed by atoms with Crippen molar-refractivity contribution in [2.24, 2.45) is 7.05 Å². The fourth-order valence-electron chi connectivity index (χ4n) is 1.90. The van der Waals surface area contributed by atoms with Gasteiger partial charge in [-0.25, -0.2) is 0 Å². The van der Waals surface area contributed by atoms with Crippen molar-refractivity contribution in [1.29, 1.82) is 0 Å². The van der Waals surface area contributed by atoms with Gasteiger partial charge in [-0.3, -0.25) is 9.48 Å². The molecule has 2 atom stereocenters.